The van der Waals surface area contributed by atoms with E-state index in [2.05, 4.69) is 5.32 Å². The van der Waals surface area contributed by atoms with Crippen LogP contribution in [0.15, 0.2) is 102 Å². The van der Waals surface area contributed by atoms with Crippen molar-refractivity contribution in [1.29, 1.82) is 0 Å². The second-order valence-corrected chi connectivity index (χ2v) is 11.2. The van der Waals surface area contributed by atoms with E-state index in [0.717, 1.165) is 29.7 Å². The number of amides is 1. The summed E-state index contributed by atoms with van der Waals surface area (Å²) < 4.78 is 39.8. The Morgan fingerprint density at radius 2 is 1.64 bits per heavy atom. The SMILES string of the molecule is Cc1cc(S(=O)(=O)N2CCCc3ccccc32)ccc1OCC(=O)Nc1ccc(OCc2ccccc2)cc1. The van der Waals surface area contributed by atoms with Crippen molar-refractivity contribution in [3.63, 3.8) is 0 Å². The number of anilines is 2. The van der Waals surface area contributed by atoms with Gasteiger partial charge in [0.05, 0.1) is 10.6 Å². The summed E-state index contributed by atoms with van der Waals surface area (Å²) >= 11 is 0. The predicted octanol–water partition coefficient (Wildman–Crippen LogP) is 5.73. The maximum Gasteiger partial charge on any atom is 0.264 e. The van der Waals surface area contributed by atoms with E-state index in [-0.39, 0.29) is 17.4 Å². The van der Waals surface area contributed by atoms with Gasteiger partial charge in [-0.05, 0) is 85.0 Å². The number of para-hydroxylation sites is 1. The Morgan fingerprint density at radius 1 is 0.897 bits per heavy atom. The largest absolute Gasteiger partial charge is 0.489 e. The first-order valence-electron chi connectivity index (χ1n) is 12.8. The van der Waals surface area contributed by atoms with Crippen LogP contribution in [0.25, 0.3) is 0 Å². The molecule has 7 nitrogen and oxygen atoms in total. The van der Waals surface area contributed by atoms with Crippen LogP contribution in [0.4, 0.5) is 11.4 Å². The average molecular weight is 543 g/mol. The minimum absolute atomic E-state index is 0.197. The maximum atomic E-state index is 13.4. The maximum absolute atomic E-state index is 13.4. The zero-order valence-corrected chi connectivity index (χ0v) is 22.5. The third-order valence-corrected chi connectivity index (χ3v) is 8.36. The van der Waals surface area contributed by atoms with Crippen LogP contribution in [-0.4, -0.2) is 27.5 Å². The van der Waals surface area contributed by atoms with Crippen molar-refractivity contribution in [3.05, 3.63) is 114 Å². The number of nitrogens with zero attached hydrogens (tertiary/aromatic N) is 1. The summed E-state index contributed by atoms with van der Waals surface area (Å²) in [6.45, 7) is 2.46. The summed E-state index contributed by atoms with van der Waals surface area (Å²) in [6.07, 6.45) is 1.64. The summed E-state index contributed by atoms with van der Waals surface area (Å²) in [4.78, 5) is 12.7. The van der Waals surface area contributed by atoms with Gasteiger partial charge in [0.2, 0.25) is 0 Å². The van der Waals surface area contributed by atoms with Gasteiger partial charge < -0.3 is 14.8 Å². The average Bonchev–Trinajstić information content (AvgIpc) is 2.96. The predicted molar refractivity (Wildman–Crippen MR) is 152 cm³/mol. The summed E-state index contributed by atoms with van der Waals surface area (Å²) in [5.74, 6) is 0.827. The Bertz CT molecular complexity index is 1550. The van der Waals surface area contributed by atoms with Crippen LogP contribution in [0.5, 0.6) is 11.5 Å². The monoisotopic (exact) mass is 542 g/mol. The molecule has 4 aromatic carbocycles. The molecule has 0 saturated carbocycles. The molecular weight excluding hydrogens is 512 g/mol. The van der Waals surface area contributed by atoms with Crippen molar-refractivity contribution in [2.24, 2.45) is 0 Å². The van der Waals surface area contributed by atoms with Crippen molar-refractivity contribution >= 4 is 27.3 Å². The lowest BCUT2D eigenvalue weighted by atomic mass is 10.0. The van der Waals surface area contributed by atoms with Gasteiger partial charge in [0.25, 0.3) is 15.9 Å². The second kappa shape index (κ2) is 11.6. The summed E-state index contributed by atoms with van der Waals surface area (Å²) in [5, 5.41) is 2.80. The van der Waals surface area contributed by atoms with Crippen LogP contribution in [0.1, 0.15) is 23.1 Å². The van der Waals surface area contributed by atoms with Crippen LogP contribution in [0.2, 0.25) is 0 Å². The minimum atomic E-state index is -3.72. The van der Waals surface area contributed by atoms with Crippen LogP contribution in [0.3, 0.4) is 0 Å². The molecule has 1 aliphatic rings. The smallest absolute Gasteiger partial charge is 0.264 e. The van der Waals surface area contributed by atoms with Gasteiger partial charge >= 0.3 is 0 Å². The highest BCUT2D eigenvalue weighted by molar-refractivity contribution is 7.92. The van der Waals surface area contributed by atoms with Gasteiger partial charge in [0, 0.05) is 12.2 Å². The number of ether oxygens (including phenoxy) is 2. The molecule has 0 atom stereocenters. The fourth-order valence-corrected chi connectivity index (χ4v) is 6.16. The summed E-state index contributed by atoms with van der Waals surface area (Å²) in [7, 11) is -3.72. The Balaban J connectivity index is 1.17. The molecule has 0 bridgehead atoms. The highest BCUT2D eigenvalue weighted by atomic mass is 32.2. The number of carbonyl (C=O) groups excluding carboxylic acids is 1. The zero-order valence-electron chi connectivity index (χ0n) is 21.7. The number of sulfonamides is 1. The molecule has 0 unspecified atom stereocenters. The highest BCUT2D eigenvalue weighted by Crippen LogP contribution is 2.33. The van der Waals surface area contributed by atoms with Gasteiger partial charge in [-0.1, -0.05) is 48.5 Å². The molecule has 0 aromatic heterocycles. The van der Waals surface area contributed by atoms with E-state index in [1.54, 1.807) is 43.3 Å². The first-order valence-corrected chi connectivity index (χ1v) is 14.2. The van der Waals surface area contributed by atoms with Crippen LogP contribution < -0.4 is 19.1 Å². The van der Waals surface area contributed by atoms with Crippen molar-refractivity contribution in [3.8, 4) is 11.5 Å². The van der Waals surface area contributed by atoms with Crippen LogP contribution in [-0.2, 0) is 27.8 Å². The lowest BCUT2D eigenvalue weighted by Crippen LogP contribution is -2.35. The van der Waals surface area contributed by atoms with Gasteiger partial charge in [-0.15, -0.1) is 0 Å². The van der Waals surface area contributed by atoms with Crippen molar-refractivity contribution < 1.29 is 22.7 Å². The molecule has 0 aliphatic carbocycles. The molecule has 1 aliphatic heterocycles. The third kappa shape index (κ3) is 6.23. The molecule has 0 radical (unpaired) electrons. The molecule has 39 heavy (non-hydrogen) atoms. The number of fused-ring (bicyclic) bond motifs is 1. The minimum Gasteiger partial charge on any atom is -0.489 e. The number of benzene rings is 4. The van der Waals surface area contributed by atoms with Crippen molar-refractivity contribution in [1.82, 2.24) is 0 Å². The molecule has 0 spiro atoms. The standard InChI is InChI=1S/C31H30N2O5S/c1-23-20-28(39(35,36)33-19-7-11-25-10-5-6-12-29(25)33)17-18-30(23)38-22-31(34)32-26-13-15-27(16-14-26)37-21-24-8-3-2-4-9-24/h2-6,8-10,12-18,20H,7,11,19,21-22H2,1H3,(H,32,34). The fraction of sp³-hybridized carbons (Fsp3) is 0.194. The van der Waals surface area contributed by atoms with Crippen LogP contribution in [0, 0.1) is 6.92 Å². The lowest BCUT2D eigenvalue weighted by Gasteiger charge is -2.30. The molecule has 1 heterocycles. The quantitative estimate of drug-likeness (QED) is 0.292. The van der Waals surface area contributed by atoms with E-state index >= 15 is 0 Å². The van der Waals surface area contributed by atoms with E-state index in [1.165, 1.54) is 10.4 Å². The zero-order chi connectivity index (χ0) is 27.2. The van der Waals surface area contributed by atoms with E-state index in [1.807, 2.05) is 54.6 Å². The lowest BCUT2D eigenvalue weighted by molar-refractivity contribution is -0.118. The topological polar surface area (TPSA) is 84.9 Å². The molecule has 4 aromatic rings. The van der Waals surface area contributed by atoms with Gasteiger partial charge in [-0.2, -0.15) is 0 Å². The number of carbonyl (C=O) groups is 1. The second-order valence-electron chi connectivity index (χ2n) is 9.37. The third-order valence-electron chi connectivity index (χ3n) is 6.55. The fourth-order valence-electron chi connectivity index (χ4n) is 4.54. The number of rotatable bonds is 9. The molecule has 8 heteroatoms. The van der Waals surface area contributed by atoms with Gasteiger partial charge in [0.1, 0.15) is 18.1 Å². The van der Waals surface area contributed by atoms with Crippen molar-refractivity contribution in [2.75, 3.05) is 22.8 Å². The Labute approximate surface area is 229 Å². The van der Waals surface area contributed by atoms with E-state index < -0.39 is 10.0 Å². The Morgan fingerprint density at radius 3 is 2.41 bits per heavy atom. The first kappa shape index (κ1) is 26.3. The van der Waals surface area contributed by atoms with Crippen LogP contribution >= 0.6 is 0 Å². The number of aryl methyl sites for hydroxylation is 2. The number of hydrogen-bond acceptors (Lipinski definition) is 5. The van der Waals surface area contributed by atoms with Gasteiger partial charge in [-0.25, -0.2) is 8.42 Å². The van der Waals surface area contributed by atoms with Gasteiger partial charge in [-0.3, -0.25) is 9.10 Å². The normalized spacial score (nSPS) is 12.9. The molecule has 0 fully saturated rings. The van der Waals surface area contributed by atoms with Gasteiger partial charge in [0.15, 0.2) is 6.61 Å². The van der Waals surface area contributed by atoms with Crippen molar-refractivity contribution in [2.45, 2.75) is 31.3 Å². The van der Waals surface area contributed by atoms with E-state index in [0.29, 0.717) is 35.9 Å². The Kier molecular flexibility index (Phi) is 7.84. The first-order chi connectivity index (χ1) is 18.9. The van der Waals surface area contributed by atoms with E-state index in [4.69, 9.17) is 9.47 Å². The Hall–Kier alpha value is -4.30. The molecule has 200 valence electrons. The van der Waals surface area contributed by atoms with E-state index in [9.17, 15) is 13.2 Å². The molecular formula is C31H30N2O5S. The highest BCUT2D eigenvalue weighted by Gasteiger charge is 2.29. The molecule has 0 saturated heterocycles. The molecule has 5 rings (SSSR count). The summed E-state index contributed by atoms with van der Waals surface area (Å²) in [6, 6.07) is 29.3. The number of nitrogens with one attached hydrogen (secondary N) is 1. The molecule has 1 amide bonds. The number of hydrogen-bond donors (Lipinski definition) is 1. The molecule has 1 N–H and O–H groups in total. The summed E-state index contributed by atoms with van der Waals surface area (Å²) in [5.41, 5.74) is 4.09.